The molecule has 110 valence electrons. The molecule has 0 N–H and O–H groups in total. The molecule has 1 heteroatoms. The molecule has 0 bridgehead atoms. The molecule has 0 aromatic rings. The first-order chi connectivity index (χ1) is 9.04. The molecule has 0 amide bonds. The highest BCUT2D eigenvalue weighted by molar-refractivity contribution is 4.98. The molecule has 1 nitrogen and oxygen atoms in total. The first-order valence-electron chi connectivity index (χ1n) is 8.05. The quantitative estimate of drug-likeness (QED) is 0.571. The normalized spacial score (nSPS) is 19.7. The second kappa shape index (κ2) is 8.58. The molecule has 0 aromatic carbocycles. The average molecular weight is 263 g/mol. The molecule has 1 fully saturated rings. The van der Waals surface area contributed by atoms with Crippen LogP contribution in [0.4, 0.5) is 0 Å². The Morgan fingerprint density at radius 3 is 2.42 bits per heavy atom. The van der Waals surface area contributed by atoms with Crippen LogP contribution in [0.5, 0.6) is 0 Å². The van der Waals surface area contributed by atoms with Crippen molar-refractivity contribution in [3.05, 3.63) is 23.8 Å². The summed E-state index contributed by atoms with van der Waals surface area (Å²) < 4.78 is 0. The van der Waals surface area contributed by atoms with Crippen LogP contribution in [0.15, 0.2) is 23.8 Å². The minimum absolute atomic E-state index is 0.618. The summed E-state index contributed by atoms with van der Waals surface area (Å²) in [5, 5.41) is 0. The first kappa shape index (κ1) is 16.5. The van der Waals surface area contributed by atoms with Crippen molar-refractivity contribution in [2.75, 3.05) is 13.1 Å². The highest BCUT2D eigenvalue weighted by Gasteiger charge is 2.22. The monoisotopic (exact) mass is 263 g/mol. The predicted octanol–water partition coefficient (Wildman–Crippen LogP) is 5.19. The average Bonchev–Trinajstić information content (AvgIpc) is 2.43. The summed E-state index contributed by atoms with van der Waals surface area (Å²) in [6, 6.07) is 0.820. The van der Waals surface area contributed by atoms with E-state index in [9.17, 15) is 0 Å². The van der Waals surface area contributed by atoms with E-state index in [1.807, 2.05) is 0 Å². The highest BCUT2D eigenvalue weighted by Crippen LogP contribution is 2.25. The Morgan fingerprint density at radius 2 is 1.89 bits per heavy atom. The van der Waals surface area contributed by atoms with Gasteiger partial charge in [0.15, 0.2) is 0 Å². The molecule has 0 saturated heterocycles. The van der Waals surface area contributed by atoms with E-state index in [1.54, 1.807) is 0 Å². The lowest BCUT2D eigenvalue weighted by Gasteiger charge is -2.36. The van der Waals surface area contributed by atoms with Crippen LogP contribution >= 0.6 is 0 Å². The van der Waals surface area contributed by atoms with Crippen molar-refractivity contribution in [3.63, 3.8) is 0 Å². The fourth-order valence-corrected chi connectivity index (χ4v) is 2.84. The van der Waals surface area contributed by atoms with Gasteiger partial charge in [0.2, 0.25) is 0 Å². The Bertz CT molecular complexity index is 297. The summed E-state index contributed by atoms with van der Waals surface area (Å²) in [6.07, 6.45) is 10.6. The Labute approximate surface area is 120 Å². The van der Waals surface area contributed by atoms with Gasteiger partial charge < -0.3 is 0 Å². The summed E-state index contributed by atoms with van der Waals surface area (Å²) in [4.78, 5) is 2.74. The lowest BCUT2D eigenvalue weighted by Crippen LogP contribution is -2.40. The summed E-state index contributed by atoms with van der Waals surface area (Å²) in [6.45, 7) is 15.4. The van der Waals surface area contributed by atoms with E-state index >= 15 is 0 Å². The topological polar surface area (TPSA) is 3.24 Å². The second-order valence-electron chi connectivity index (χ2n) is 6.42. The van der Waals surface area contributed by atoms with Gasteiger partial charge in [-0.05, 0) is 46.0 Å². The zero-order valence-electron chi connectivity index (χ0n) is 13.5. The Kier molecular flexibility index (Phi) is 7.45. The fourth-order valence-electron chi connectivity index (χ4n) is 2.84. The minimum atomic E-state index is 0.618. The fraction of sp³-hybridized carbons (Fsp3) is 0.778. The van der Waals surface area contributed by atoms with Gasteiger partial charge in [-0.25, -0.2) is 0 Å². The van der Waals surface area contributed by atoms with Crippen LogP contribution in [0.3, 0.4) is 0 Å². The number of allylic oxidation sites excluding steroid dienone is 1. The van der Waals surface area contributed by atoms with Crippen LogP contribution in [-0.4, -0.2) is 24.0 Å². The predicted molar refractivity (Wildman–Crippen MR) is 86.5 cm³/mol. The van der Waals surface area contributed by atoms with Gasteiger partial charge in [-0.3, -0.25) is 4.90 Å². The number of rotatable bonds is 7. The molecule has 0 heterocycles. The maximum atomic E-state index is 4.13. The molecule has 1 unspecified atom stereocenters. The van der Waals surface area contributed by atoms with Gasteiger partial charge in [0, 0.05) is 19.1 Å². The van der Waals surface area contributed by atoms with E-state index in [2.05, 4.69) is 45.2 Å². The van der Waals surface area contributed by atoms with Crippen LogP contribution in [0, 0.1) is 5.92 Å². The molecule has 1 rings (SSSR count). The molecule has 0 aliphatic heterocycles. The Morgan fingerprint density at radius 1 is 1.26 bits per heavy atom. The van der Waals surface area contributed by atoms with Crippen molar-refractivity contribution in [2.45, 2.75) is 72.3 Å². The number of nitrogens with zero attached hydrogens (tertiary/aromatic N) is 1. The molecule has 0 radical (unpaired) electrons. The summed E-state index contributed by atoms with van der Waals surface area (Å²) >= 11 is 0. The third-order valence-corrected chi connectivity index (χ3v) is 4.73. The minimum Gasteiger partial charge on any atom is -0.299 e. The molecule has 19 heavy (non-hydrogen) atoms. The van der Waals surface area contributed by atoms with E-state index in [0.29, 0.717) is 5.92 Å². The summed E-state index contributed by atoms with van der Waals surface area (Å²) in [7, 11) is 0. The maximum Gasteiger partial charge on any atom is 0.00956 e. The zero-order chi connectivity index (χ0) is 14.3. The summed E-state index contributed by atoms with van der Waals surface area (Å²) in [5.41, 5.74) is 2.84. The molecule has 1 aliphatic rings. The smallest absolute Gasteiger partial charge is 0.00956 e. The molecule has 0 spiro atoms. The van der Waals surface area contributed by atoms with Crippen LogP contribution in [-0.2, 0) is 0 Å². The molecular weight excluding hydrogens is 230 g/mol. The highest BCUT2D eigenvalue weighted by atomic mass is 15.2. The van der Waals surface area contributed by atoms with E-state index in [1.165, 1.54) is 62.8 Å². The molecule has 1 saturated carbocycles. The SMILES string of the molecule is C=C(C)C(C)CN(CC/C(C)=C/C)C1CCCCC1. The number of hydrogen-bond donors (Lipinski definition) is 0. The third kappa shape index (κ3) is 5.95. The molecule has 1 aliphatic carbocycles. The standard InChI is InChI=1S/C18H33N/c1-6-16(4)12-13-19(14-17(5)15(2)3)18-10-8-7-9-11-18/h6,17-18H,2,7-14H2,1,3-5H3/b16-6+. The van der Waals surface area contributed by atoms with Crippen molar-refractivity contribution in [1.29, 1.82) is 0 Å². The van der Waals surface area contributed by atoms with E-state index in [4.69, 9.17) is 0 Å². The summed E-state index contributed by atoms with van der Waals surface area (Å²) in [5.74, 6) is 0.618. The maximum absolute atomic E-state index is 4.13. The van der Waals surface area contributed by atoms with Crippen LogP contribution < -0.4 is 0 Å². The van der Waals surface area contributed by atoms with Crippen molar-refractivity contribution < 1.29 is 0 Å². The van der Waals surface area contributed by atoms with E-state index in [-0.39, 0.29) is 0 Å². The van der Waals surface area contributed by atoms with Gasteiger partial charge in [-0.1, -0.05) is 50.0 Å². The molecule has 1 atom stereocenters. The lowest BCUT2D eigenvalue weighted by atomic mass is 9.92. The van der Waals surface area contributed by atoms with Crippen molar-refractivity contribution in [2.24, 2.45) is 5.92 Å². The van der Waals surface area contributed by atoms with Gasteiger partial charge in [0.25, 0.3) is 0 Å². The van der Waals surface area contributed by atoms with Gasteiger partial charge in [0.1, 0.15) is 0 Å². The Hall–Kier alpha value is -0.560. The van der Waals surface area contributed by atoms with Gasteiger partial charge in [-0.2, -0.15) is 0 Å². The van der Waals surface area contributed by atoms with Crippen molar-refractivity contribution in [3.8, 4) is 0 Å². The second-order valence-corrected chi connectivity index (χ2v) is 6.42. The van der Waals surface area contributed by atoms with Gasteiger partial charge in [-0.15, -0.1) is 0 Å². The van der Waals surface area contributed by atoms with E-state index in [0.717, 1.165) is 6.04 Å². The van der Waals surface area contributed by atoms with Crippen LogP contribution in [0.25, 0.3) is 0 Å². The zero-order valence-corrected chi connectivity index (χ0v) is 13.5. The number of hydrogen-bond acceptors (Lipinski definition) is 1. The molecular formula is C18H33N. The van der Waals surface area contributed by atoms with Gasteiger partial charge in [0.05, 0.1) is 0 Å². The lowest BCUT2D eigenvalue weighted by molar-refractivity contribution is 0.144. The first-order valence-corrected chi connectivity index (χ1v) is 8.05. The van der Waals surface area contributed by atoms with Crippen molar-refractivity contribution in [1.82, 2.24) is 4.90 Å². The Balaban J connectivity index is 2.57. The van der Waals surface area contributed by atoms with Crippen LogP contribution in [0.2, 0.25) is 0 Å². The van der Waals surface area contributed by atoms with Crippen molar-refractivity contribution >= 4 is 0 Å². The largest absolute Gasteiger partial charge is 0.299 e. The third-order valence-electron chi connectivity index (χ3n) is 4.73. The van der Waals surface area contributed by atoms with Gasteiger partial charge >= 0.3 is 0 Å². The van der Waals surface area contributed by atoms with Crippen LogP contribution in [0.1, 0.15) is 66.2 Å². The van der Waals surface area contributed by atoms with E-state index < -0.39 is 0 Å². The molecule has 0 aromatic heterocycles.